The van der Waals surface area contributed by atoms with E-state index in [1.54, 1.807) is 23.7 Å². The summed E-state index contributed by atoms with van der Waals surface area (Å²) in [6.45, 7) is 8.33. The second kappa shape index (κ2) is 8.16. The molecule has 8 heteroatoms. The number of hydrogen-bond donors (Lipinski definition) is 1. The van der Waals surface area contributed by atoms with Crippen LogP contribution in [0, 0.1) is 13.8 Å². The lowest BCUT2D eigenvalue weighted by molar-refractivity contribution is 0.102. The molecule has 1 saturated carbocycles. The molecule has 5 rings (SSSR count). The number of nitrogens with zero attached hydrogens (tertiary/aromatic N) is 5. The summed E-state index contributed by atoms with van der Waals surface area (Å²) in [7, 11) is 0. The summed E-state index contributed by atoms with van der Waals surface area (Å²) in [5.41, 5.74) is 3.18. The van der Waals surface area contributed by atoms with Gasteiger partial charge in [0.05, 0.1) is 35.1 Å². The van der Waals surface area contributed by atoms with Crippen LogP contribution in [0.2, 0.25) is 0 Å². The molecule has 7 nitrogen and oxygen atoms in total. The molecule has 1 aliphatic rings. The number of aryl methyl sites for hydroxylation is 2. The second-order valence-corrected chi connectivity index (χ2v) is 10.3. The SMILES string of the molecule is Cc1cc(-c2cc(C(=O)Nc3ccnn3C3CCCC3)c3cnn(C(C)C)c3n2)c(C)s1. The fourth-order valence-corrected chi connectivity index (χ4v) is 5.58. The van der Waals surface area contributed by atoms with Gasteiger partial charge in [-0.05, 0) is 52.7 Å². The first-order chi connectivity index (χ1) is 15.4. The Morgan fingerprint density at radius 1 is 1.19 bits per heavy atom. The van der Waals surface area contributed by atoms with Gasteiger partial charge in [0.2, 0.25) is 0 Å². The van der Waals surface area contributed by atoms with Crippen molar-refractivity contribution in [1.82, 2.24) is 24.5 Å². The highest BCUT2D eigenvalue weighted by Gasteiger charge is 2.23. The normalized spacial score (nSPS) is 14.7. The van der Waals surface area contributed by atoms with Crippen molar-refractivity contribution in [2.45, 2.75) is 65.5 Å². The number of nitrogens with one attached hydrogen (secondary N) is 1. The maximum Gasteiger partial charge on any atom is 0.257 e. The van der Waals surface area contributed by atoms with E-state index >= 15 is 0 Å². The van der Waals surface area contributed by atoms with Gasteiger partial charge in [0.25, 0.3) is 5.91 Å². The van der Waals surface area contributed by atoms with Crippen LogP contribution in [0.4, 0.5) is 5.82 Å². The molecule has 4 heterocycles. The van der Waals surface area contributed by atoms with Crippen LogP contribution in [0.25, 0.3) is 22.3 Å². The lowest BCUT2D eigenvalue weighted by Crippen LogP contribution is -2.18. The van der Waals surface area contributed by atoms with Crippen LogP contribution in [0.5, 0.6) is 0 Å². The van der Waals surface area contributed by atoms with E-state index in [4.69, 9.17) is 4.98 Å². The zero-order valence-electron chi connectivity index (χ0n) is 18.9. The number of rotatable bonds is 5. The monoisotopic (exact) mass is 448 g/mol. The molecular weight excluding hydrogens is 420 g/mol. The van der Waals surface area contributed by atoms with E-state index in [1.807, 2.05) is 21.5 Å². The molecule has 1 aliphatic carbocycles. The molecule has 0 atom stereocenters. The molecular formula is C24H28N6OS. The number of thiophene rings is 1. The maximum atomic E-state index is 13.5. The standard InChI is InChI=1S/C24H28N6OS/c1-14(2)29-23-20(13-26-29)19(12-21(27-23)18-11-15(3)32-16(18)4)24(31)28-22-9-10-25-30(22)17-7-5-6-8-17/h9-14,17H,5-8H2,1-4H3,(H,28,31). The van der Waals surface area contributed by atoms with Crippen LogP contribution in [-0.4, -0.2) is 30.5 Å². The van der Waals surface area contributed by atoms with Crippen molar-refractivity contribution in [2.24, 2.45) is 0 Å². The first-order valence-corrected chi connectivity index (χ1v) is 12.0. The Morgan fingerprint density at radius 3 is 2.66 bits per heavy atom. The van der Waals surface area contributed by atoms with Crippen molar-refractivity contribution in [3.63, 3.8) is 0 Å². The van der Waals surface area contributed by atoms with Crippen LogP contribution in [0.15, 0.2) is 30.6 Å². The van der Waals surface area contributed by atoms with Crippen LogP contribution < -0.4 is 5.32 Å². The van der Waals surface area contributed by atoms with E-state index in [0.29, 0.717) is 11.6 Å². The molecule has 4 aromatic rings. The number of hydrogen-bond acceptors (Lipinski definition) is 5. The van der Waals surface area contributed by atoms with Gasteiger partial charge in [-0.15, -0.1) is 11.3 Å². The third-order valence-electron chi connectivity index (χ3n) is 6.20. The second-order valence-electron chi connectivity index (χ2n) is 8.86. The van der Waals surface area contributed by atoms with Gasteiger partial charge in [-0.25, -0.2) is 14.3 Å². The van der Waals surface area contributed by atoms with Crippen LogP contribution in [-0.2, 0) is 0 Å². The van der Waals surface area contributed by atoms with E-state index in [1.165, 1.54) is 22.6 Å². The Morgan fingerprint density at radius 2 is 1.97 bits per heavy atom. The molecule has 0 spiro atoms. The third-order valence-corrected chi connectivity index (χ3v) is 7.17. The molecule has 0 bridgehead atoms. The van der Waals surface area contributed by atoms with Gasteiger partial charge >= 0.3 is 0 Å². The number of anilines is 1. The van der Waals surface area contributed by atoms with Crippen LogP contribution >= 0.6 is 11.3 Å². The van der Waals surface area contributed by atoms with E-state index in [9.17, 15) is 4.79 Å². The Balaban J connectivity index is 1.59. The minimum absolute atomic E-state index is 0.139. The third kappa shape index (κ3) is 3.62. The molecule has 1 fully saturated rings. The Kier molecular flexibility index (Phi) is 5.33. The predicted molar refractivity (Wildman–Crippen MR) is 128 cm³/mol. The Bertz CT molecular complexity index is 1290. The largest absolute Gasteiger partial charge is 0.307 e. The van der Waals surface area contributed by atoms with Gasteiger partial charge in [0.1, 0.15) is 5.82 Å². The van der Waals surface area contributed by atoms with E-state index in [2.05, 4.69) is 49.3 Å². The molecule has 0 unspecified atom stereocenters. The molecule has 0 saturated heterocycles. The zero-order chi connectivity index (χ0) is 22.4. The molecule has 1 N–H and O–H groups in total. The average Bonchev–Trinajstić information content (AvgIpc) is 3.53. The summed E-state index contributed by atoms with van der Waals surface area (Å²) in [6, 6.07) is 6.41. The lowest BCUT2D eigenvalue weighted by Gasteiger charge is -2.15. The molecule has 1 amide bonds. The Labute approximate surface area is 191 Å². The Hall–Kier alpha value is -3.00. The van der Waals surface area contributed by atoms with Gasteiger partial charge < -0.3 is 5.32 Å². The van der Waals surface area contributed by atoms with E-state index in [0.717, 1.165) is 41.0 Å². The van der Waals surface area contributed by atoms with Crippen LogP contribution in [0.1, 0.15) is 71.7 Å². The summed E-state index contributed by atoms with van der Waals surface area (Å²) in [5, 5.41) is 12.9. The fourth-order valence-electron chi connectivity index (χ4n) is 4.64. The number of amides is 1. The summed E-state index contributed by atoms with van der Waals surface area (Å²) in [5.74, 6) is 0.582. The fraction of sp³-hybridized carbons (Fsp3) is 0.417. The van der Waals surface area contributed by atoms with Crippen molar-refractivity contribution in [2.75, 3.05) is 5.32 Å². The maximum absolute atomic E-state index is 13.5. The highest BCUT2D eigenvalue weighted by molar-refractivity contribution is 7.12. The lowest BCUT2D eigenvalue weighted by atomic mass is 10.1. The highest BCUT2D eigenvalue weighted by atomic mass is 32.1. The van der Waals surface area contributed by atoms with Gasteiger partial charge in [0.15, 0.2) is 5.65 Å². The number of aromatic nitrogens is 5. The van der Waals surface area contributed by atoms with Gasteiger partial charge in [-0.3, -0.25) is 4.79 Å². The number of fused-ring (bicyclic) bond motifs is 1. The number of carbonyl (C=O) groups is 1. The summed E-state index contributed by atoms with van der Waals surface area (Å²) in [6.07, 6.45) is 8.13. The summed E-state index contributed by atoms with van der Waals surface area (Å²) < 4.78 is 3.85. The first-order valence-electron chi connectivity index (χ1n) is 11.2. The van der Waals surface area contributed by atoms with E-state index < -0.39 is 0 Å². The average molecular weight is 449 g/mol. The first kappa shape index (κ1) is 20.9. The predicted octanol–water partition coefficient (Wildman–Crippen LogP) is 5.92. The zero-order valence-corrected chi connectivity index (χ0v) is 19.7. The van der Waals surface area contributed by atoms with Gasteiger partial charge in [-0.2, -0.15) is 10.2 Å². The molecule has 166 valence electrons. The molecule has 0 aliphatic heterocycles. The van der Waals surface area contributed by atoms with Crippen molar-refractivity contribution < 1.29 is 4.79 Å². The minimum atomic E-state index is -0.161. The highest BCUT2D eigenvalue weighted by Crippen LogP contribution is 2.34. The summed E-state index contributed by atoms with van der Waals surface area (Å²) in [4.78, 5) is 20.9. The van der Waals surface area contributed by atoms with Crippen LogP contribution in [0.3, 0.4) is 0 Å². The molecule has 0 radical (unpaired) electrons. The van der Waals surface area contributed by atoms with Crippen molar-refractivity contribution >= 4 is 34.1 Å². The molecule has 4 aromatic heterocycles. The van der Waals surface area contributed by atoms with Gasteiger partial charge in [-0.1, -0.05) is 12.8 Å². The van der Waals surface area contributed by atoms with Crippen molar-refractivity contribution in [1.29, 1.82) is 0 Å². The number of carbonyl (C=O) groups excluding carboxylic acids is 1. The van der Waals surface area contributed by atoms with Crippen molar-refractivity contribution in [3.05, 3.63) is 45.9 Å². The van der Waals surface area contributed by atoms with E-state index in [-0.39, 0.29) is 11.9 Å². The smallest absolute Gasteiger partial charge is 0.257 e. The minimum Gasteiger partial charge on any atom is -0.307 e. The summed E-state index contributed by atoms with van der Waals surface area (Å²) >= 11 is 1.74. The number of pyridine rings is 1. The molecule has 0 aromatic carbocycles. The van der Waals surface area contributed by atoms with Gasteiger partial charge in [0, 0.05) is 27.4 Å². The molecule has 32 heavy (non-hydrogen) atoms. The topological polar surface area (TPSA) is 77.6 Å². The van der Waals surface area contributed by atoms with Crippen molar-refractivity contribution in [3.8, 4) is 11.3 Å². The quantitative estimate of drug-likeness (QED) is 0.411.